The summed E-state index contributed by atoms with van der Waals surface area (Å²) in [5.41, 5.74) is 5.88. The Morgan fingerprint density at radius 2 is 1.59 bits per heavy atom. The quantitative estimate of drug-likeness (QED) is 0.723. The maximum absolute atomic E-state index is 5.88. The van der Waals surface area contributed by atoms with Crippen molar-refractivity contribution in [2.75, 3.05) is 0 Å². The van der Waals surface area contributed by atoms with Crippen molar-refractivity contribution in [1.29, 1.82) is 0 Å². The van der Waals surface area contributed by atoms with Gasteiger partial charge in [-0.1, -0.05) is 51.2 Å². The number of allylic oxidation sites excluding steroid dienone is 1. The van der Waals surface area contributed by atoms with E-state index >= 15 is 0 Å². The van der Waals surface area contributed by atoms with E-state index in [2.05, 4.69) is 19.1 Å². The third-order valence-corrected chi connectivity index (χ3v) is 4.99. The minimum atomic E-state index is 0.339. The summed E-state index contributed by atoms with van der Waals surface area (Å²) >= 11 is 0. The molecule has 1 saturated carbocycles. The van der Waals surface area contributed by atoms with Crippen LogP contribution in [0.5, 0.6) is 0 Å². The summed E-state index contributed by atoms with van der Waals surface area (Å²) in [6, 6.07) is 0.339. The van der Waals surface area contributed by atoms with Gasteiger partial charge in [0, 0.05) is 6.04 Å². The highest BCUT2D eigenvalue weighted by molar-refractivity contribution is 5.00. The van der Waals surface area contributed by atoms with E-state index in [0.29, 0.717) is 6.04 Å². The van der Waals surface area contributed by atoms with Gasteiger partial charge in [0.25, 0.3) is 0 Å². The molecule has 1 nitrogen and oxygen atoms in total. The smallest absolute Gasteiger partial charge is 0.0223 e. The summed E-state index contributed by atoms with van der Waals surface area (Å²) in [6.45, 7) is 2.35. The Morgan fingerprint density at radius 1 is 0.882 bits per heavy atom. The van der Waals surface area contributed by atoms with Crippen LogP contribution in [-0.4, -0.2) is 6.04 Å². The van der Waals surface area contributed by atoms with Crippen molar-refractivity contribution in [2.45, 2.75) is 70.8 Å². The van der Waals surface area contributed by atoms with Gasteiger partial charge >= 0.3 is 0 Å². The minimum Gasteiger partial charge on any atom is -0.324 e. The van der Waals surface area contributed by atoms with E-state index in [1.165, 1.54) is 57.8 Å². The molecule has 2 rings (SSSR count). The van der Waals surface area contributed by atoms with Gasteiger partial charge in [-0.2, -0.15) is 0 Å². The Morgan fingerprint density at radius 3 is 2.18 bits per heavy atom. The second kappa shape index (κ2) is 6.58. The van der Waals surface area contributed by atoms with E-state index in [4.69, 9.17) is 5.73 Å². The number of hydrogen-bond donors (Lipinski definition) is 1. The molecule has 2 aliphatic carbocycles. The van der Waals surface area contributed by atoms with E-state index in [9.17, 15) is 0 Å². The molecule has 0 aromatic carbocycles. The standard InChI is InChI=1S/C16H29N/c1-2-13-3-5-14(6-4-13)7-8-15-9-11-16(17)12-10-15/h9,11,13-16H,2-8,10,12,17H2,1H3. The van der Waals surface area contributed by atoms with Crippen LogP contribution in [0.15, 0.2) is 12.2 Å². The van der Waals surface area contributed by atoms with Gasteiger partial charge in [-0.25, -0.2) is 0 Å². The molecule has 0 saturated heterocycles. The topological polar surface area (TPSA) is 26.0 Å². The fourth-order valence-corrected chi connectivity index (χ4v) is 3.52. The van der Waals surface area contributed by atoms with Crippen molar-refractivity contribution in [3.8, 4) is 0 Å². The van der Waals surface area contributed by atoms with Crippen molar-refractivity contribution < 1.29 is 0 Å². The summed E-state index contributed by atoms with van der Waals surface area (Å²) in [7, 11) is 0. The summed E-state index contributed by atoms with van der Waals surface area (Å²) < 4.78 is 0. The SMILES string of the molecule is CCC1CCC(CCC2C=CC(N)CC2)CC1. The molecule has 0 aromatic heterocycles. The zero-order valence-electron chi connectivity index (χ0n) is 11.4. The molecule has 0 spiro atoms. The van der Waals surface area contributed by atoms with E-state index < -0.39 is 0 Å². The van der Waals surface area contributed by atoms with Gasteiger partial charge in [-0.15, -0.1) is 0 Å². The lowest BCUT2D eigenvalue weighted by molar-refractivity contribution is 0.247. The van der Waals surface area contributed by atoms with Crippen molar-refractivity contribution in [3.63, 3.8) is 0 Å². The van der Waals surface area contributed by atoms with Crippen LogP contribution < -0.4 is 5.73 Å². The zero-order valence-corrected chi connectivity index (χ0v) is 11.4. The molecule has 2 unspecified atom stereocenters. The fraction of sp³-hybridized carbons (Fsp3) is 0.875. The van der Waals surface area contributed by atoms with Gasteiger partial charge in [0.05, 0.1) is 0 Å². The predicted octanol–water partition coefficient (Wildman–Crippen LogP) is 4.28. The molecule has 0 aliphatic heterocycles. The maximum Gasteiger partial charge on any atom is 0.0223 e. The van der Waals surface area contributed by atoms with Gasteiger partial charge < -0.3 is 5.73 Å². The second-order valence-electron chi connectivity index (χ2n) is 6.26. The van der Waals surface area contributed by atoms with Crippen LogP contribution in [0.1, 0.15) is 64.7 Å². The highest BCUT2D eigenvalue weighted by Gasteiger charge is 2.21. The molecule has 2 atom stereocenters. The van der Waals surface area contributed by atoms with Gasteiger partial charge in [-0.05, 0) is 43.4 Å². The van der Waals surface area contributed by atoms with Crippen LogP contribution in [0.25, 0.3) is 0 Å². The first-order valence-corrected chi connectivity index (χ1v) is 7.71. The van der Waals surface area contributed by atoms with Crippen LogP contribution in [-0.2, 0) is 0 Å². The highest BCUT2D eigenvalue weighted by Crippen LogP contribution is 2.34. The molecule has 0 bridgehead atoms. The third kappa shape index (κ3) is 4.13. The van der Waals surface area contributed by atoms with Crippen LogP contribution in [0.2, 0.25) is 0 Å². The lowest BCUT2D eigenvalue weighted by atomic mass is 9.77. The number of nitrogens with two attached hydrogens (primary N) is 1. The molecule has 17 heavy (non-hydrogen) atoms. The largest absolute Gasteiger partial charge is 0.324 e. The lowest BCUT2D eigenvalue weighted by Gasteiger charge is -2.29. The Kier molecular flexibility index (Phi) is 5.09. The van der Waals surface area contributed by atoms with Crippen molar-refractivity contribution in [1.82, 2.24) is 0 Å². The van der Waals surface area contributed by atoms with Gasteiger partial charge in [-0.3, -0.25) is 0 Å². The first kappa shape index (κ1) is 13.1. The molecule has 0 amide bonds. The first-order chi connectivity index (χ1) is 8.28. The van der Waals surface area contributed by atoms with E-state index in [1.807, 2.05) is 0 Å². The maximum atomic E-state index is 5.88. The first-order valence-electron chi connectivity index (χ1n) is 7.71. The molecule has 0 heterocycles. The molecule has 98 valence electrons. The number of rotatable bonds is 4. The Bertz CT molecular complexity index is 238. The van der Waals surface area contributed by atoms with Crippen LogP contribution >= 0.6 is 0 Å². The van der Waals surface area contributed by atoms with Crippen molar-refractivity contribution in [2.24, 2.45) is 23.5 Å². The van der Waals surface area contributed by atoms with E-state index in [0.717, 1.165) is 17.8 Å². The summed E-state index contributed by atoms with van der Waals surface area (Å²) in [4.78, 5) is 0. The Balaban J connectivity index is 1.64. The highest BCUT2D eigenvalue weighted by atomic mass is 14.6. The molecule has 1 heteroatoms. The summed E-state index contributed by atoms with van der Waals surface area (Å²) in [5.74, 6) is 2.90. The predicted molar refractivity (Wildman–Crippen MR) is 74.8 cm³/mol. The van der Waals surface area contributed by atoms with Crippen LogP contribution in [0.4, 0.5) is 0 Å². The van der Waals surface area contributed by atoms with Crippen LogP contribution in [0, 0.1) is 17.8 Å². The molecular formula is C16H29N. The molecule has 2 N–H and O–H groups in total. The lowest BCUT2D eigenvalue weighted by Crippen LogP contribution is -2.22. The second-order valence-corrected chi connectivity index (χ2v) is 6.26. The Hall–Kier alpha value is -0.300. The fourth-order valence-electron chi connectivity index (χ4n) is 3.52. The summed E-state index contributed by atoms with van der Waals surface area (Å²) in [5, 5.41) is 0. The Labute approximate surface area is 107 Å². The average Bonchev–Trinajstić information content (AvgIpc) is 2.39. The summed E-state index contributed by atoms with van der Waals surface area (Å²) in [6.07, 6.45) is 17.4. The van der Waals surface area contributed by atoms with E-state index in [1.54, 1.807) is 0 Å². The normalized spacial score (nSPS) is 38.2. The molecular weight excluding hydrogens is 206 g/mol. The van der Waals surface area contributed by atoms with Crippen LogP contribution in [0.3, 0.4) is 0 Å². The molecule has 0 radical (unpaired) electrons. The van der Waals surface area contributed by atoms with Crippen molar-refractivity contribution >= 4 is 0 Å². The van der Waals surface area contributed by atoms with Gasteiger partial charge in [0.1, 0.15) is 0 Å². The molecule has 0 aromatic rings. The zero-order chi connectivity index (χ0) is 12.1. The minimum absolute atomic E-state index is 0.339. The van der Waals surface area contributed by atoms with Gasteiger partial charge in [0.2, 0.25) is 0 Å². The average molecular weight is 235 g/mol. The molecule has 2 aliphatic rings. The monoisotopic (exact) mass is 235 g/mol. The molecule has 1 fully saturated rings. The third-order valence-electron chi connectivity index (χ3n) is 4.99. The van der Waals surface area contributed by atoms with E-state index in [-0.39, 0.29) is 0 Å². The van der Waals surface area contributed by atoms with Gasteiger partial charge in [0.15, 0.2) is 0 Å². The number of hydrogen-bond acceptors (Lipinski definition) is 1. The van der Waals surface area contributed by atoms with Crippen molar-refractivity contribution in [3.05, 3.63) is 12.2 Å².